The number of carbonyl (C=O) groups is 2. The van der Waals surface area contributed by atoms with E-state index in [-0.39, 0.29) is 11.5 Å². The number of thioether (sulfide) groups is 1. The van der Waals surface area contributed by atoms with Gasteiger partial charge in [0.05, 0.1) is 10.5 Å². The van der Waals surface area contributed by atoms with E-state index >= 15 is 0 Å². The van der Waals surface area contributed by atoms with Crippen molar-refractivity contribution in [2.24, 2.45) is 0 Å². The molecule has 0 spiro atoms. The van der Waals surface area contributed by atoms with Crippen LogP contribution in [0.2, 0.25) is 0 Å². The summed E-state index contributed by atoms with van der Waals surface area (Å²) in [4.78, 5) is 26.6. The van der Waals surface area contributed by atoms with Crippen LogP contribution in [0.4, 0.5) is 0 Å². The lowest BCUT2D eigenvalue weighted by Crippen LogP contribution is -2.54. The largest absolute Gasteiger partial charge is 0.478 e. The van der Waals surface area contributed by atoms with Gasteiger partial charge in [0, 0.05) is 37.8 Å². The highest BCUT2D eigenvalue weighted by Crippen LogP contribution is 2.34. The van der Waals surface area contributed by atoms with Gasteiger partial charge in [-0.2, -0.15) is 0 Å². The van der Waals surface area contributed by atoms with Crippen LogP contribution in [0.5, 0.6) is 0 Å². The van der Waals surface area contributed by atoms with Crippen LogP contribution in [-0.2, 0) is 4.79 Å². The Balaban J connectivity index is 1.51. The summed E-state index contributed by atoms with van der Waals surface area (Å²) in [5, 5.41) is 12.6. The van der Waals surface area contributed by atoms with Crippen molar-refractivity contribution in [2.75, 3.05) is 33.2 Å². The van der Waals surface area contributed by atoms with Gasteiger partial charge in [-0.1, -0.05) is 36.1 Å². The molecule has 0 radical (unpaired) electrons. The van der Waals surface area contributed by atoms with Crippen molar-refractivity contribution in [1.29, 1.82) is 0 Å². The highest BCUT2D eigenvalue weighted by Gasteiger charge is 2.37. The van der Waals surface area contributed by atoms with Crippen molar-refractivity contribution in [2.45, 2.75) is 0 Å². The molecule has 0 aliphatic carbocycles. The Morgan fingerprint density at radius 3 is 2.48 bits per heavy atom. The fourth-order valence-corrected chi connectivity index (χ4v) is 4.48. The molecule has 2 aliphatic heterocycles. The number of thiocarbonyl (C=S) groups is 1. The fourth-order valence-electron chi connectivity index (χ4n) is 3.19. The first-order chi connectivity index (χ1) is 13.9. The first kappa shape index (κ1) is 19.8. The van der Waals surface area contributed by atoms with Gasteiger partial charge in [-0.3, -0.25) is 4.79 Å². The minimum atomic E-state index is -0.973. The summed E-state index contributed by atoms with van der Waals surface area (Å²) in [6, 6.07) is 10.0. The van der Waals surface area contributed by atoms with Gasteiger partial charge in [-0.25, -0.2) is 14.8 Å². The summed E-state index contributed by atoms with van der Waals surface area (Å²) in [5.74, 6) is 0.0382. The van der Waals surface area contributed by atoms with E-state index < -0.39 is 5.97 Å². The molecule has 1 aromatic carbocycles. The average Bonchev–Trinajstić information content (AvgIpc) is 3.28. The molecule has 1 amide bonds. The van der Waals surface area contributed by atoms with Gasteiger partial charge in [0.2, 0.25) is 0 Å². The highest BCUT2D eigenvalue weighted by atomic mass is 32.2. The van der Waals surface area contributed by atoms with Crippen molar-refractivity contribution < 1.29 is 19.1 Å². The molecular weight excluding hydrogens is 410 g/mol. The first-order valence-corrected chi connectivity index (χ1v) is 10.3. The molecule has 0 saturated carbocycles. The molecule has 7 nitrogen and oxygen atoms in total. The number of carbonyl (C=O) groups excluding carboxylic acids is 1. The number of carboxylic acids is 1. The molecule has 9 heteroatoms. The Morgan fingerprint density at radius 2 is 1.83 bits per heavy atom. The predicted octanol–water partition coefficient (Wildman–Crippen LogP) is 3.01. The number of hydrogen-bond donors (Lipinski definition) is 1. The Hall–Kier alpha value is -2.46. The van der Waals surface area contributed by atoms with Gasteiger partial charge < -0.3 is 14.4 Å². The van der Waals surface area contributed by atoms with Crippen molar-refractivity contribution >= 4 is 46.3 Å². The number of likely N-dealkylation sites (N-methyl/N-ethyl adjacent to an activating group) is 1. The van der Waals surface area contributed by atoms with E-state index in [1.807, 2.05) is 5.01 Å². The number of piperazine rings is 1. The maximum Gasteiger partial charge on any atom is 0.335 e. The molecule has 4 rings (SSSR count). The Kier molecular flexibility index (Phi) is 5.55. The van der Waals surface area contributed by atoms with E-state index in [0.717, 1.165) is 31.7 Å². The molecule has 1 N–H and O–H groups in total. The van der Waals surface area contributed by atoms with Gasteiger partial charge >= 0.3 is 5.97 Å². The van der Waals surface area contributed by atoms with Gasteiger partial charge in [0.1, 0.15) is 11.5 Å². The number of hydrazine groups is 1. The number of rotatable bonds is 4. The number of nitrogens with zero attached hydrogens (tertiary/aromatic N) is 3. The van der Waals surface area contributed by atoms with Crippen LogP contribution in [0.1, 0.15) is 16.1 Å². The number of hydrogen-bond acceptors (Lipinski definition) is 7. The van der Waals surface area contributed by atoms with E-state index in [1.165, 1.54) is 23.9 Å². The molecule has 2 saturated heterocycles. The van der Waals surface area contributed by atoms with E-state index in [9.17, 15) is 9.59 Å². The van der Waals surface area contributed by atoms with Crippen molar-refractivity contribution in [3.05, 3.63) is 52.6 Å². The zero-order valence-corrected chi connectivity index (χ0v) is 17.3. The van der Waals surface area contributed by atoms with Crippen LogP contribution in [0, 0.1) is 0 Å². The third-order valence-corrected chi connectivity index (χ3v) is 6.14. The summed E-state index contributed by atoms with van der Waals surface area (Å²) in [6.07, 6.45) is 1.70. The molecule has 150 valence electrons. The summed E-state index contributed by atoms with van der Waals surface area (Å²) < 4.78 is 6.37. The third kappa shape index (κ3) is 4.13. The molecule has 0 unspecified atom stereocenters. The minimum absolute atomic E-state index is 0.131. The SMILES string of the molecule is CN1CCN(N2C(=O)C(=Cc3ccc(-c4ccc(C(=O)O)cc4)o3)SC2=S)CC1. The Morgan fingerprint density at radius 1 is 1.14 bits per heavy atom. The predicted molar refractivity (Wildman–Crippen MR) is 115 cm³/mol. The summed E-state index contributed by atoms with van der Waals surface area (Å²) >= 11 is 6.70. The topological polar surface area (TPSA) is 77.2 Å². The average molecular weight is 430 g/mol. The first-order valence-electron chi connectivity index (χ1n) is 9.07. The van der Waals surface area contributed by atoms with Gasteiger partial charge in [0.25, 0.3) is 5.91 Å². The second-order valence-corrected chi connectivity index (χ2v) is 8.51. The normalized spacial score (nSPS) is 20.0. The molecule has 1 aromatic heterocycles. The summed E-state index contributed by atoms with van der Waals surface area (Å²) in [6.45, 7) is 3.29. The molecule has 0 bridgehead atoms. The molecule has 2 aliphatic rings. The van der Waals surface area contributed by atoms with Gasteiger partial charge in [0.15, 0.2) is 4.32 Å². The van der Waals surface area contributed by atoms with E-state index in [1.54, 1.807) is 35.4 Å². The number of aromatic carboxylic acids is 1. The van der Waals surface area contributed by atoms with E-state index in [4.69, 9.17) is 21.7 Å². The Bertz CT molecular complexity index is 991. The molecular formula is C20H19N3O4S2. The van der Waals surface area contributed by atoms with Gasteiger partial charge in [-0.15, -0.1) is 0 Å². The zero-order chi connectivity index (χ0) is 20.5. The lowest BCUT2D eigenvalue weighted by molar-refractivity contribution is -0.135. The zero-order valence-electron chi connectivity index (χ0n) is 15.7. The van der Waals surface area contributed by atoms with E-state index in [0.29, 0.717) is 20.7 Å². The lowest BCUT2D eigenvalue weighted by Gasteiger charge is -2.37. The van der Waals surface area contributed by atoms with Crippen LogP contribution in [0.15, 0.2) is 45.7 Å². The quantitative estimate of drug-likeness (QED) is 0.587. The molecule has 29 heavy (non-hydrogen) atoms. The maximum atomic E-state index is 12.9. The molecule has 0 atom stereocenters. The van der Waals surface area contributed by atoms with Crippen molar-refractivity contribution in [3.63, 3.8) is 0 Å². The Labute approximate surface area is 177 Å². The smallest absolute Gasteiger partial charge is 0.335 e. The molecule has 2 aromatic rings. The maximum absolute atomic E-state index is 12.9. The van der Waals surface area contributed by atoms with Crippen LogP contribution < -0.4 is 0 Å². The van der Waals surface area contributed by atoms with Crippen LogP contribution in [0.3, 0.4) is 0 Å². The molecule has 3 heterocycles. The van der Waals surface area contributed by atoms with Gasteiger partial charge in [-0.05, 0) is 31.3 Å². The van der Waals surface area contributed by atoms with Crippen LogP contribution in [0.25, 0.3) is 17.4 Å². The molecule has 2 fully saturated rings. The second kappa shape index (κ2) is 8.11. The highest BCUT2D eigenvalue weighted by molar-refractivity contribution is 8.26. The van der Waals surface area contributed by atoms with Crippen LogP contribution in [-0.4, -0.2) is 69.4 Å². The summed E-state index contributed by atoms with van der Waals surface area (Å²) in [5.41, 5.74) is 0.979. The monoisotopic (exact) mass is 429 g/mol. The van der Waals surface area contributed by atoms with E-state index in [2.05, 4.69) is 11.9 Å². The number of furan rings is 1. The standard InChI is InChI=1S/C20H19N3O4S2/c1-21-8-10-22(11-9-21)23-18(24)17(29-20(23)28)12-15-6-7-16(27-15)13-2-4-14(5-3-13)19(25)26/h2-7,12H,8-11H2,1H3,(H,25,26). The summed E-state index contributed by atoms with van der Waals surface area (Å²) in [7, 11) is 2.06. The van der Waals surface area contributed by atoms with Crippen LogP contribution >= 0.6 is 24.0 Å². The number of benzene rings is 1. The minimum Gasteiger partial charge on any atom is -0.478 e. The number of carboxylic acid groups (broad SMARTS) is 1. The fraction of sp³-hybridized carbons (Fsp3) is 0.250. The van der Waals surface area contributed by atoms with Crippen molar-refractivity contribution in [3.8, 4) is 11.3 Å². The third-order valence-electron chi connectivity index (χ3n) is 4.85. The second-order valence-electron chi connectivity index (χ2n) is 6.83. The lowest BCUT2D eigenvalue weighted by atomic mass is 10.1. The van der Waals surface area contributed by atoms with Crippen molar-refractivity contribution in [1.82, 2.24) is 14.9 Å². The number of amides is 1.